The standard InChI is InChI=1S/C21H23ClN4O3S/c1-14(20-24-18-7-3-4-8-19(18)25(20)2)23-21(27)16-10-9-15(13-17(16)22)26-11-5-6-12-30(26,28)29/h3-4,7-10,13-14H,5-6,11-12H2,1-2H3,(H,23,27). The molecule has 1 aliphatic rings. The number of rotatable bonds is 4. The van der Waals surface area contributed by atoms with Crippen LogP contribution in [0.4, 0.5) is 5.69 Å². The third kappa shape index (κ3) is 3.77. The van der Waals surface area contributed by atoms with Crippen LogP contribution in [0.3, 0.4) is 0 Å². The van der Waals surface area contributed by atoms with E-state index in [-0.39, 0.29) is 22.7 Å². The van der Waals surface area contributed by atoms with Crippen molar-refractivity contribution in [3.63, 3.8) is 0 Å². The van der Waals surface area contributed by atoms with Gasteiger partial charge in [0.05, 0.1) is 39.1 Å². The summed E-state index contributed by atoms with van der Waals surface area (Å²) < 4.78 is 27.9. The van der Waals surface area contributed by atoms with Crippen LogP contribution < -0.4 is 9.62 Å². The molecule has 2 aromatic carbocycles. The molecule has 4 rings (SSSR count). The number of halogens is 1. The third-order valence-electron chi connectivity index (χ3n) is 5.39. The van der Waals surface area contributed by atoms with Crippen molar-refractivity contribution < 1.29 is 13.2 Å². The van der Waals surface area contributed by atoms with Gasteiger partial charge in [0.1, 0.15) is 5.82 Å². The van der Waals surface area contributed by atoms with Gasteiger partial charge in [0, 0.05) is 13.6 Å². The summed E-state index contributed by atoms with van der Waals surface area (Å²) in [7, 11) is -1.43. The van der Waals surface area contributed by atoms with E-state index in [1.165, 1.54) is 4.31 Å². The van der Waals surface area contributed by atoms with Crippen LogP contribution in [-0.2, 0) is 17.1 Å². The minimum Gasteiger partial charge on any atom is -0.342 e. The van der Waals surface area contributed by atoms with Crippen molar-refractivity contribution in [2.24, 2.45) is 7.05 Å². The van der Waals surface area contributed by atoms with Gasteiger partial charge in [-0.15, -0.1) is 0 Å². The second kappa shape index (κ2) is 7.92. The van der Waals surface area contributed by atoms with Crippen molar-refractivity contribution in [3.05, 3.63) is 58.9 Å². The van der Waals surface area contributed by atoms with Crippen LogP contribution in [-0.4, -0.2) is 36.2 Å². The van der Waals surface area contributed by atoms with E-state index in [0.29, 0.717) is 24.2 Å². The molecule has 1 fully saturated rings. The Balaban J connectivity index is 1.55. The van der Waals surface area contributed by atoms with Crippen molar-refractivity contribution in [3.8, 4) is 0 Å². The van der Waals surface area contributed by atoms with Crippen LogP contribution in [0.1, 0.15) is 42.0 Å². The van der Waals surface area contributed by atoms with Crippen LogP contribution in [0.5, 0.6) is 0 Å². The van der Waals surface area contributed by atoms with Crippen molar-refractivity contribution in [2.45, 2.75) is 25.8 Å². The smallest absolute Gasteiger partial charge is 0.253 e. The van der Waals surface area contributed by atoms with E-state index in [2.05, 4.69) is 10.3 Å². The third-order valence-corrected chi connectivity index (χ3v) is 7.57. The summed E-state index contributed by atoms with van der Waals surface area (Å²) in [5.41, 5.74) is 2.63. The Bertz CT molecular complexity index is 1220. The number of carbonyl (C=O) groups excluding carboxylic acids is 1. The average molecular weight is 447 g/mol. The summed E-state index contributed by atoms with van der Waals surface area (Å²) in [6, 6.07) is 12.2. The largest absolute Gasteiger partial charge is 0.342 e. The highest BCUT2D eigenvalue weighted by Crippen LogP contribution is 2.29. The number of amides is 1. The first-order chi connectivity index (χ1) is 14.3. The highest BCUT2D eigenvalue weighted by Gasteiger charge is 2.27. The Labute approximate surface area is 180 Å². The highest BCUT2D eigenvalue weighted by atomic mass is 35.5. The van der Waals surface area contributed by atoms with Gasteiger partial charge in [-0.05, 0) is 50.1 Å². The zero-order valence-electron chi connectivity index (χ0n) is 16.8. The lowest BCUT2D eigenvalue weighted by atomic mass is 10.1. The summed E-state index contributed by atoms with van der Waals surface area (Å²) in [6.45, 7) is 2.29. The molecule has 7 nitrogen and oxygen atoms in total. The van der Waals surface area contributed by atoms with Gasteiger partial charge < -0.3 is 9.88 Å². The summed E-state index contributed by atoms with van der Waals surface area (Å²) >= 11 is 6.36. The van der Waals surface area contributed by atoms with Gasteiger partial charge in [-0.25, -0.2) is 13.4 Å². The van der Waals surface area contributed by atoms with Crippen molar-refractivity contribution in [1.29, 1.82) is 0 Å². The monoisotopic (exact) mass is 446 g/mol. The second-order valence-electron chi connectivity index (χ2n) is 7.47. The Hall–Kier alpha value is -2.58. The molecular formula is C21H23ClN4O3S. The number of para-hydroxylation sites is 2. The number of aryl methyl sites for hydroxylation is 1. The molecule has 30 heavy (non-hydrogen) atoms. The van der Waals surface area contributed by atoms with Gasteiger partial charge in [0.15, 0.2) is 0 Å². The van der Waals surface area contributed by atoms with Crippen molar-refractivity contribution in [1.82, 2.24) is 14.9 Å². The lowest BCUT2D eigenvalue weighted by molar-refractivity contribution is 0.0938. The molecule has 1 unspecified atom stereocenters. The average Bonchev–Trinajstić information content (AvgIpc) is 3.04. The number of hydrogen-bond acceptors (Lipinski definition) is 4. The zero-order valence-corrected chi connectivity index (χ0v) is 18.4. The minimum atomic E-state index is -3.34. The number of nitrogens with one attached hydrogen (secondary N) is 1. The Morgan fingerprint density at radius 1 is 1.20 bits per heavy atom. The van der Waals surface area contributed by atoms with Crippen LogP contribution >= 0.6 is 11.6 Å². The number of anilines is 1. The maximum absolute atomic E-state index is 12.8. The number of carbonyl (C=O) groups is 1. The van der Waals surface area contributed by atoms with E-state index in [4.69, 9.17) is 11.6 Å². The van der Waals surface area contributed by atoms with Gasteiger partial charge in [0.25, 0.3) is 5.91 Å². The molecule has 9 heteroatoms. The first-order valence-corrected chi connectivity index (χ1v) is 11.8. The molecule has 3 aromatic rings. The molecule has 1 saturated heterocycles. The molecule has 1 amide bonds. The van der Waals surface area contributed by atoms with Crippen LogP contribution in [0, 0.1) is 0 Å². The quantitative estimate of drug-likeness (QED) is 0.663. The number of fused-ring (bicyclic) bond motifs is 1. The fourth-order valence-corrected chi connectivity index (χ4v) is 5.70. The highest BCUT2D eigenvalue weighted by molar-refractivity contribution is 7.92. The maximum atomic E-state index is 12.8. The van der Waals surface area contributed by atoms with Gasteiger partial charge in [-0.3, -0.25) is 9.10 Å². The zero-order chi connectivity index (χ0) is 21.5. The molecule has 158 valence electrons. The van der Waals surface area contributed by atoms with Crippen LogP contribution in [0.25, 0.3) is 11.0 Å². The Morgan fingerprint density at radius 3 is 2.67 bits per heavy atom. The van der Waals surface area contributed by atoms with E-state index >= 15 is 0 Å². The van der Waals surface area contributed by atoms with Gasteiger partial charge in [0.2, 0.25) is 10.0 Å². The fourth-order valence-electron chi connectivity index (χ4n) is 3.81. The van der Waals surface area contributed by atoms with Gasteiger partial charge in [-0.2, -0.15) is 0 Å². The van der Waals surface area contributed by atoms with E-state index in [9.17, 15) is 13.2 Å². The van der Waals surface area contributed by atoms with Crippen LogP contribution in [0.2, 0.25) is 5.02 Å². The number of benzene rings is 2. The molecular weight excluding hydrogens is 424 g/mol. The molecule has 0 spiro atoms. The number of imidazole rings is 1. The lowest BCUT2D eigenvalue weighted by Gasteiger charge is -2.28. The molecule has 1 aliphatic heterocycles. The summed E-state index contributed by atoms with van der Waals surface area (Å²) in [5, 5.41) is 3.14. The summed E-state index contributed by atoms with van der Waals surface area (Å²) in [4.78, 5) is 17.4. The van der Waals surface area contributed by atoms with Crippen LogP contribution in [0.15, 0.2) is 42.5 Å². The van der Waals surface area contributed by atoms with Gasteiger partial charge >= 0.3 is 0 Å². The summed E-state index contributed by atoms with van der Waals surface area (Å²) in [5.74, 6) is 0.520. The predicted octanol–water partition coefficient (Wildman–Crippen LogP) is 3.65. The van der Waals surface area contributed by atoms with E-state index in [0.717, 1.165) is 23.3 Å². The van der Waals surface area contributed by atoms with E-state index < -0.39 is 10.0 Å². The Kier molecular flexibility index (Phi) is 5.46. The molecule has 2 heterocycles. The molecule has 0 bridgehead atoms. The second-order valence-corrected chi connectivity index (χ2v) is 9.89. The topological polar surface area (TPSA) is 84.3 Å². The molecule has 1 N–H and O–H groups in total. The fraction of sp³-hybridized carbons (Fsp3) is 0.333. The normalized spacial score (nSPS) is 17.1. The molecule has 0 aliphatic carbocycles. The van der Waals surface area contributed by atoms with Crippen molar-refractivity contribution >= 4 is 44.3 Å². The molecule has 1 aromatic heterocycles. The SMILES string of the molecule is CC(NC(=O)c1ccc(N2CCCCS2(=O)=O)cc1Cl)c1nc2ccccc2n1C. The number of aromatic nitrogens is 2. The summed E-state index contributed by atoms with van der Waals surface area (Å²) in [6.07, 6.45) is 1.46. The van der Waals surface area contributed by atoms with E-state index in [1.54, 1.807) is 18.2 Å². The number of nitrogens with zero attached hydrogens (tertiary/aromatic N) is 3. The predicted molar refractivity (Wildman–Crippen MR) is 118 cm³/mol. The number of sulfonamides is 1. The minimum absolute atomic E-state index is 0.127. The first-order valence-electron chi connectivity index (χ1n) is 9.80. The Morgan fingerprint density at radius 2 is 1.97 bits per heavy atom. The molecule has 0 radical (unpaired) electrons. The number of hydrogen-bond donors (Lipinski definition) is 1. The van der Waals surface area contributed by atoms with Gasteiger partial charge in [-0.1, -0.05) is 23.7 Å². The lowest BCUT2D eigenvalue weighted by Crippen LogP contribution is -2.37. The van der Waals surface area contributed by atoms with E-state index in [1.807, 2.05) is 42.8 Å². The van der Waals surface area contributed by atoms with Crippen molar-refractivity contribution in [2.75, 3.05) is 16.6 Å². The molecule has 0 saturated carbocycles. The molecule has 1 atom stereocenters. The maximum Gasteiger partial charge on any atom is 0.253 e. The first kappa shape index (κ1) is 20.7.